The Kier molecular flexibility index (Phi) is 4.70. The summed E-state index contributed by atoms with van der Waals surface area (Å²) in [5.41, 5.74) is 0. The van der Waals surface area contributed by atoms with Crippen LogP contribution in [-0.2, 0) is 9.47 Å². The summed E-state index contributed by atoms with van der Waals surface area (Å²) in [6.07, 6.45) is 2.40. The molecule has 1 rings (SSSR count). The molecule has 0 N–H and O–H groups in total. The van der Waals surface area contributed by atoms with Crippen LogP contribution in [0.1, 0.15) is 33.6 Å². The average Bonchev–Trinajstić information content (AvgIpc) is 2.51. The highest BCUT2D eigenvalue weighted by atomic mass is 16.7. The second kappa shape index (κ2) is 5.58. The molecule has 3 heteroatoms. The van der Waals surface area contributed by atoms with Crippen molar-refractivity contribution in [3.05, 3.63) is 0 Å². The highest BCUT2D eigenvalue weighted by molar-refractivity contribution is 4.74. The number of likely N-dealkylation sites (tertiary alicyclic amines) is 1. The first-order valence-electron chi connectivity index (χ1n) is 5.28. The summed E-state index contributed by atoms with van der Waals surface area (Å²) in [5, 5.41) is 0. The summed E-state index contributed by atoms with van der Waals surface area (Å²) in [6, 6.07) is 0.600. The first-order chi connectivity index (χ1) is 6.29. The van der Waals surface area contributed by atoms with E-state index < -0.39 is 0 Å². The summed E-state index contributed by atoms with van der Waals surface area (Å²) < 4.78 is 11.1. The van der Waals surface area contributed by atoms with Gasteiger partial charge in [0.05, 0.1) is 0 Å². The predicted octanol–water partition coefficient (Wildman–Crippen LogP) is 1.83. The quantitative estimate of drug-likeness (QED) is 0.613. The predicted molar refractivity (Wildman–Crippen MR) is 52.4 cm³/mol. The van der Waals surface area contributed by atoms with Crippen molar-refractivity contribution >= 4 is 0 Å². The Balaban J connectivity index is 2.42. The number of nitrogens with zero attached hydrogens (tertiary/aromatic N) is 1. The molecule has 0 aromatic carbocycles. The first-order valence-corrected chi connectivity index (χ1v) is 5.28. The van der Waals surface area contributed by atoms with Crippen LogP contribution in [-0.4, -0.2) is 37.1 Å². The Labute approximate surface area is 81.0 Å². The van der Waals surface area contributed by atoms with Crippen LogP contribution in [0.15, 0.2) is 0 Å². The second-order valence-electron chi connectivity index (χ2n) is 3.45. The maximum Gasteiger partial charge on any atom is 0.218 e. The lowest BCUT2D eigenvalue weighted by Gasteiger charge is -2.30. The van der Waals surface area contributed by atoms with Gasteiger partial charge < -0.3 is 9.47 Å². The molecule has 0 radical (unpaired) electrons. The van der Waals surface area contributed by atoms with Crippen LogP contribution in [0.25, 0.3) is 0 Å². The van der Waals surface area contributed by atoms with Gasteiger partial charge in [-0.3, -0.25) is 4.90 Å². The van der Waals surface area contributed by atoms with E-state index in [4.69, 9.17) is 9.47 Å². The molecule has 0 amide bonds. The standard InChI is InChI=1S/C10H21NO2/c1-4-12-10(13-5-2)11-8-6-7-9(11)3/h9-10H,4-8H2,1-3H3/t9-/m1/s1. The third-order valence-corrected chi connectivity index (χ3v) is 2.49. The molecular weight excluding hydrogens is 166 g/mol. The monoisotopic (exact) mass is 187 g/mol. The zero-order valence-corrected chi connectivity index (χ0v) is 8.95. The molecule has 0 aromatic rings. The Morgan fingerprint density at radius 1 is 1.31 bits per heavy atom. The van der Waals surface area contributed by atoms with Crippen molar-refractivity contribution in [3.8, 4) is 0 Å². The molecule has 1 heterocycles. The highest BCUT2D eigenvalue weighted by Crippen LogP contribution is 2.20. The van der Waals surface area contributed by atoms with Gasteiger partial charge in [-0.25, -0.2) is 0 Å². The number of rotatable bonds is 5. The largest absolute Gasteiger partial charge is 0.340 e. The van der Waals surface area contributed by atoms with E-state index in [1.807, 2.05) is 13.8 Å². The summed E-state index contributed by atoms with van der Waals surface area (Å²) >= 11 is 0. The van der Waals surface area contributed by atoms with E-state index in [1.54, 1.807) is 0 Å². The highest BCUT2D eigenvalue weighted by Gasteiger charge is 2.28. The summed E-state index contributed by atoms with van der Waals surface area (Å²) in [6.45, 7) is 8.78. The molecular formula is C10H21NO2. The van der Waals surface area contributed by atoms with Gasteiger partial charge in [0.15, 0.2) is 0 Å². The SMILES string of the molecule is CCOC(OCC)N1CCC[C@H]1C. The van der Waals surface area contributed by atoms with E-state index in [1.165, 1.54) is 12.8 Å². The van der Waals surface area contributed by atoms with Crippen molar-refractivity contribution in [1.82, 2.24) is 4.90 Å². The Morgan fingerprint density at radius 3 is 2.31 bits per heavy atom. The van der Waals surface area contributed by atoms with Crippen molar-refractivity contribution < 1.29 is 9.47 Å². The molecule has 13 heavy (non-hydrogen) atoms. The minimum absolute atomic E-state index is 0.118. The van der Waals surface area contributed by atoms with Crippen molar-refractivity contribution in [2.75, 3.05) is 19.8 Å². The zero-order valence-electron chi connectivity index (χ0n) is 8.95. The molecule has 1 atom stereocenters. The minimum Gasteiger partial charge on any atom is -0.340 e. The van der Waals surface area contributed by atoms with E-state index in [-0.39, 0.29) is 6.41 Å². The second-order valence-corrected chi connectivity index (χ2v) is 3.45. The van der Waals surface area contributed by atoms with Crippen LogP contribution in [0.5, 0.6) is 0 Å². The van der Waals surface area contributed by atoms with Gasteiger partial charge in [0.2, 0.25) is 6.41 Å². The number of hydrogen-bond acceptors (Lipinski definition) is 3. The molecule has 0 aromatic heterocycles. The average molecular weight is 187 g/mol. The summed E-state index contributed by atoms with van der Waals surface area (Å²) in [7, 11) is 0. The molecule has 0 spiro atoms. The fraction of sp³-hybridized carbons (Fsp3) is 1.00. The van der Waals surface area contributed by atoms with Crippen molar-refractivity contribution in [2.24, 2.45) is 0 Å². The molecule has 0 aliphatic carbocycles. The van der Waals surface area contributed by atoms with Gasteiger partial charge in [-0.2, -0.15) is 0 Å². The topological polar surface area (TPSA) is 21.7 Å². The van der Waals surface area contributed by atoms with E-state index >= 15 is 0 Å². The van der Waals surface area contributed by atoms with Crippen LogP contribution in [0.3, 0.4) is 0 Å². The smallest absolute Gasteiger partial charge is 0.218 e. The van der Waals surface area contributed by atoms with E-state index in [9.17, 15) is 0 Å². The van der Waals surface area contributed by atoms with E-state index in [0.29, 0.717) is 19.3 Å². The maximum absolute atomic E-state index is 5.54. The van der Waals surface area contributed by atoms with Gasteiger partial charge in [-0.1, -0.05) is 0 Å². The molecule has 1 fully saturated rings. The van der Waals surface area contributed by atoms with Crippen LogP contribution in [0.4, 0.5) is 0 Å². The molecule has 0 bridgehead atoms. The van der Waals surface area contributed by atoms with E-state index in [0.717, 1.165) is 6.54 Å². The van der Waals surface area contributed by atoms with Crippen LogP contribution in [0.2, 0.25) is 0 Å². The van der Waals surface area contributed by atoms with Crippen LogP contribution >= 0.6 is 0 Å². The van der Waals surface area contributed by atoms with Gasteiger partial charge in [0.1, 0.15) is 0 Å². The van der Waals surface area contributed by atoms with Gasteiger partial charge in [0, 0.05) is 25.8 Å². The Bertz CT molecular complexity index is 135. The van der Waals surface area contributed by atoms with Crippen molar-refractivity contribution in [2.45, 2.75) is 46.1 Å². The van der Waals surface area contributed by atoms with Crippen LogP contribution < -0.4 is 0 Å². The molecule has 0 saturated carbocycles. The van der Waals surface area contributed by atoms with Gasteiger partial charge in [0.25, 0.3) is 0 Å². The van der Waals surface area contributed by atoms with Gasteiger partial charge in [-0.15, -0.1) is 0 Å². The minimum atomic E-state index is -0.118. The lowest BCUT2D eigenvalue weighted by atomic mass is 10.2. The molecule has 3 nitrogen and oxygen atoms in total. The Hall–Kier alpha value is -0.120. The lowest BCUT2D eigenvalue weighted by molar-refractivity contribution is -0.222. The number of hydrogen-bond donors (Lipinski definition) is 0. The van der Waals surface area contributed by atoms with E-state index in [2.05, 4.69) is 11.8 Å². The molecule has 1 aliphatic heterocycles. The van der Waals surface area contributed by atoms with Crippen molar-refractivity contribution in [1.29, 1.82) is 0 Å². The summed E-state index contributed by atoms with van der Waals surface area (Å²) in [5.74, 6) is 0. The first kappa shape index (κ1) is 11.0. The van der Waals surface area contributed by atoms with Crippen LogP contribution in [0, 0.1) is 0 Å². The third kappa shape index (κ3) is 2.93. The fourth-order valence-corrected chi connectivity index (χ4v) is 1.79. The normalized spacial score (nSPS) is 24.5. The summed E-state index contributed by atoms with van der Waals surface area (Å²) in [4.78, 5) is 2.30. The molecule has 1 aliphatic rings. The maximum atomic E-state index is 5.54. The molecule has 0 unspecified atom stereocenters. The van der Waals surface area contributed by atoms with Gasteiger partial charge >= 0.3 is 0 Å². The lowest BCUT2D eigenvalue weighted by Crippen LogP contribution is -2.41. The zero-order chi connectivity index (χ0) is 9.68. The fourth-order valence-electron chi connectivity index (χ4n) is 1.79. The molecule has 1 saturated heterocycles. The molecule has 78 valence electrons. The number of ether oxygens (including phenoxy) is 2. The van der Waals surface area contributed by atoms with Crippen molar-refractivity contribution in [3.63, 3.8) is 0 Å². The Morgan fingerprint density at radius 2 is 1.92 bits per heavy atom. The third-order valence-electron chi connectivity index (χ3n) is 2.49. The van der Waals surface area contributed by atoms with Gasteiger partial charge in [-0.05, 0) is 33.6 Å².